The van der Waals surface area contributed by atoms with Gasteiger partial charge in [0.2, 0.25) is 0 Å². The van der Waals surface area contributed by atoms with Crippen LogP contribution in [0.5, 0.6) is 11.5 Å². The van der Waals surface area contributed by atoms with Crippen LogP contribution in [-0.2, 0) is 28.5 Å². The molecule has 1 aromatic carbocycles. The second-order valence-corrected chi connectivity index (χ2v) is 6.46. The minimum atomic E-state index is -1.85. The average Bonchev–Trinajstić information content (AvgIpc) is 3.00. The van der Waals surface area contributed by atoms with Gasteiger partial charge < -0.3 is 39.4 Å². The first kappa shape index (κ1) is 20.1. The smallest absolute Gasteiger partial charge is 0.366 e. The number of hydrogen-bond acceptors (Lipinski definition) is 10. The number of fused-ring (bicyclic) bond motifs is 2. The lowest BCUT2D eigenvalue weighted by Crippen LogP contribution is -2.54. The van der Waals surface area contributed by atoms with Crippen molar-refractivity contribution in [3.8, 4) is 11.5 Å². The van der Waals surface area contributed by atoms with Crippen LogP contribution < -0.4 is 0 Å². The molecule has 5 unspecified atom stereocenters. The molecule has 1 aromatic rings. The summed E-state index contributed by atoms with van der Waals surface area (Å²) in [6.07, 6.45) is -2.50. The first-order chi connectivity index (χ1) is 13.3. The van der Waals surface area contributed by atoms with Crippen LogP contribution in [0.2, 0.25) is 0 Å². The predicted octanol–water partition coefficient (Wildman–Crippen LogP) is -0.567. The van der Waals surface area contributed by atoms with Crippen molar-refractivity contribution in [1.82, 2.24) is 0 Å². The molecule has 2 aliphatic rings. The van der Waals surface area contributed by atoms with Gasteiger partial charge in [0.05, 0.1) is 13.2 Å². The molecule has 2 saturated heterocycles. The van der Waals surface area contributed by atoms with Crippen molar-refractivity contribution in [3.63, 3.8) is 0 Å². The maximum atomic E-state index is 12.0. The Morgan fingerprint density at radius 2 is 2.00 bits per heavy atom. The number of aliphatic hydroxyl groups is 2. The summed E-state index contributed by atoms with van der Waals surface area (Å²) in [5, 5.41) is 38.7. The van der Waals surface area contributed by atoms with E-state index in [1.165, 1.54) is 24.3 Å². The van der Waals surface area contributed by atoms with E-state index in [-0.39, 0.29) is 24.5 Å². The van der Waals surface area contributed by atoms with Gasteiger partial charge in [-0.1, -0.05) is 6.07 Å². The van der Waals surface area contributed by atoms with Crippen LogP contribution in [-0.4, -0.2) is 76.3 Å². The van der Waals surface area contributed by atoms with Gasteiger partial charge in [-0.2, -0.15) is 0 Å². The van der Waals surface area contributed by atoms with Crippen molar-refractivity contribution in [2.24, 2.45) is 0 Å². The van der Waals surface area contributed by atoms with Crippen LogP contribution in [0.25, 0.3) is 6.08 Å². The van der Waals surface area contributed by atoms with Crippen LogP contribution in [0.1, 0.15) is 12.0 Å². The number of rotatable bonds is 5. The summed E-state index contributed by atoms with van der Waals surface area (Å²) in [6, 6.07) is 4.00. The van der Waals surface area contributed by atoms with Gasteiger partial charge in [0.25, 0.3) is 5.79 Å². The van der Waals surface area contributed by atoms with Gasteiger partial charge >= 0.3 is 11.9 Å². The van der Waals surface area contributed by atoms with Crippen LogP contribution in [0, 0.1) is 0 Å². The summed E-state index contributed by atoms with van der Waals surface area (Å²) in [6.45, 7) is -0.336. The van der Waals surface area contributed by atoms with E-state index in [9.17, 15) is 30.0 Å². The molecule has 0 aliphatic carbocycles. The third-order valence-corrected chi connectivity index (χ3v) is 4.54. The molecule has 2 heterocycles. The lowest BCUT2D eigenvalue weighted by Gasteiger charge is -2.34. The van der Waals surface area contributed by atoms with Gasteiger partial charge in [0, 0.05) is 12.5 Å². The van der Waals surface area contributed by atoms with Crippen molar-refractivity contribution < 1.29 is 49.0 Å². The molecule has 3 rings (SSSR count). The highest BCUT2D eigenvalue weighted by atomic mass is 16.8. The van der Waals surface area contributed by atoms with Gasteiger partial charge in [0.15, 0.2) is 11.5 Å². The van der Waals surface area contributed by atoms with Crippen molar-refractivity contribution in [2.75, 3.05) is 13.7 Å². The van der Waals surface area contributed by atoms with Crippen LogP contribution in [0.15, 0.2) is 24.3 Å². The topological polar surface area (TPSA) is 152 Å². The number of benzene rings is 1. The van der Waals surface area contributed by atoms with Crippen molar-refractivity contribution in [2.45, 2.75) is 36.6 Å². The van der Waals surface area contributed by atoms with E-state index in [0.717, 1.165) is 13.2 Å². The highest BCUT2D eigenvalue weighted by molar-refractivity contribution is 5.87. The summed E-state index contributed by atoms with van der Waals surface area (Å²) < 4.78 is 20.7. The number of phenolic OH excluding ortho intramolecular Hbond substituents is 2. The Morgan fingerprint density at radius 3 is 2.68 bits per heavy atom. The minimum Gasteiger partial charge on any atom is -0.504 e. The maximum absolute atomic E-state index is 12.0. The molecule has 28 heavy (non-hydrogen) atoms. The minimum absolute atomic E-state index is 0.287. The third-order valence-electron chi connectivity index (χ3n) is 4.54. The first-order valence-electron chi connectivity index (χ1n) is 8.43. The van der Waals surface area contributed by atoms with Gasteiger partial charge in [-0.15, -0.1) is 0 Å². The monoisotopic (exact) mass is 396 g/mol. The van der Waals surface area contributed by atoms with E-state index in [1.807, 2.05) is 0 Å². The predicted molar refractivity (Wildman–Crippen MR) is 90.9 cm³/mol. The zero-order valence-electron chi connectivity index (χ0n) is 14.8. The largest absolute Gasteiger partial charge is 0.504 e. The Balaban J connectivity index is 1.62. The summed E-state index contributed by atoms with van der Waals surface area (Å²) in [5.41, 5.74) is 0.451. The summed E-state index contributed by atoms with van der Waals surface area (Å²) in [7, 11) is 1.13. The number of aliphatic hydroxyl groups excluding tert-OH is 2. The fourth-order valence-corrected chi connectivity index (χ4v) is 3.12. The summed E-state index contributed by atoms with van der Waals surface area (Å²) in [4.78, 5) is 23.9. The quantitative estimate of drug-likeness (QED) is 0.289. The Labute approximate surface area is 159 Å². The molecule has 4 N–H and O–H groups in total. The number of hydrogen-bond donors (Lipinski definition) is 4. The van der Waals surface area contributed by atoms with E-state index >= 15 is 0 Å². The highest BCUT2D eigenvalue weighted by Gasteiger charge is 2.62. The molecule has 10 heteroatoms. The third kappa shape index (κ3) is 3.80. The fraction of sp³-hybridized carbons (Fsp3) is 0.444. The molecule has 152 valence electrons. The second-order valence-electron chi connectivity index (χ2n) is 6.46. The van der Waals surface area contributed by atoms with Gasteiger partial charge in [0.1, 0.15) is 24.9 Å². The Hall–Kier alpha value is -2.66. The second kappa shape index (κ2) is 7.76. The zero-order valence-corrected chi connectivity index (χ0v) is 14.8. The SMILES string of the molecule is COC(=O)C12CC(O)C(O)C(O1)C(COC(=O)C=Cc1ccc(O)c(O)c1)O2. The molecule has 0 spiro atoms. The number of carbonyl (C=O) groups excluding carboxylic acids is 2. The van der Waals surface area contributed by atoms with E-state index in [2.05, 4.69) is 4.74 Å². The van der Waals surface area contributed by atoms with E-state index in [1.54, 1.807) is 0 Å². The molecule has 2 fully saturated rings. The standard InChI is InChI=1S/C18H20O10/c1-25-17(24)18-7-12(21)15(23)16(28-18)13(27-18)8-26-14(22)5-3-9-2-4-10(19)11(20)6-9/h2-6,12-13,15-16,19-21,23H,7-8H2,1H3. The van der Waals surface area contributed by atoms with Crippen molar-refractivity contribution >= 4 is 18.0 Å². The lowest BCUT2D eigenvalue weighted by molar-refractivity contribution is -0.246. The lowest BCUT2D eigenvalue weighted by atomic mass is 9.96. The molecular formula is C18H20O10. The molecule has 0 amide bonds. The van der Waals surface area contributed by atoms with Crippen molar-refractivity contribution in [1.29, 1.82) is 0 Å². The van der Waals surface area contributed by atoms with Crippen LogP contribution in [0.3, 0.4) is 0 Å². The average molecular weight is 396 g/mol. The van der Waals surface area contributed by atoms with E-state index in [0.29, 0.717) is 5.56 Å². The van der Waals surface area contributed by atoms with Gasteiger partial charge in [-0.25, -0.2) is 9.59 Å². The molecule has 5 atom stereocenters. The molecule has 0 saturated carbocycles. The number of ether oxygens (including phenoxy) is 4. The number of phenols is 2. The van der Waals surface area contributed by atoms with E-state index < -0.39 is 42.1 Å². The Morgan fingerprint density at radius 1 is 1.25 bits per heavy atom. The normalized spacial score (nSPS) is 31.7. The summed E-state index contributed by atoms with van der Waals surface area (Å²) >= 11 is 0. The summed E-state index contributed by atoms with van der Waals surface area (Å²) in [5.74, 6) is -4.08. The number of carbonyl (C=O) groups is 2. The molecule has 2 aliphatic heterocycles. The van der Waals surface area contributed by atoms with Crippen LogP contribution >= 0.6 is 0 Å². The fourth-order valence-electron chi connectivity index (χ4n) is 3.12. The zero-order chi connectivity index (χ0) is 20.5. The number of aromatic hydroxyl groups is 2. The van der Waals surface area contributed by atoms with Gasteiger partial charge in [-0.05, 0) is 23.8 Å². The molecule has 10 nitrogen and oxygen atoms in total. The number of esters is 2. The molecule has 0 radical (unpaired) electrons. The molecular weight excluding hydrogens is 376 g/mol. The maximum Gasteiger partial charge on any atom is 0.366 e. The number of methoxy groups -OCH3 is 1. The molecule has 0 aromatic heterocycles. The Bertz CT molecular complexity index is 791. The van der Waals surface area contributed by atoms with Crippen molar-refractivity contribution in [3.05, 3.63) is 29.8 Å². The van der Waals surface area contributed by atoms with Gasteiger partial charge in [-0.3, -0.25) is 0 Å². The Kier molecular flexibility index (Phi) is 5.57. The van der Waals surface area contributed by atoms with Crippen LogP contribution in [0.4, 0.5) is 0 Å². The van der Waals surface area contributed by atoms with E-state index in [4.69, 9.17) is 14.2 Å². The highest BCUT2D eigenvalue weighted by Crippen LogP contribution is 2.41. The first-order valence-corrected chi connectivity index (χ1v) is 8.43. The molecule has 2 bridgehead atoms.